The van der Waals surface area contributed by atoms with Gasteiger partial charge in [0.05, 0.1) is 25.4 Å². The van der Waals surface area contributed by atoms with Crippen molar-refractivity contribution in [3.8, 4) is 0 Å². The average molecular weight is 300 g/mol. The number of Topliss-reactive ketones (excluding diaryl/α,β-unsaturated/α-hetero) is 1. The molecule has 1 saturated carbocycles. The monoisotopic (exact) mass is 300 g/mol. The molecule has 0 saturated heterocycles. The first-order valence-electron chi connectivity index (χ1n) is 8.05. The number of ether oxygens (including phenoxy) is 2. The van der Waals surface area contributed by atoms with Crippen LogP contribution in [-0.2, 0) is 14.3 Å². The lowest BCUT2D eigenvalue weighted by molar-refractivity contribution is -0.128. The highest BCUT2D eigenvalue weighted by atomic mass is 16.5. The Labute approximate surface area is 129 Å². The van der Waals surface area contributed by atoms with E-state index in [2.05, 4.69) is 20.8 Å². The van der Waals surface area contributed by atoms with E-state index in [9.17, 15) is 9.90 Å². The van der Waals surface area contributed by atoms with Gasteiger partial charge in [-0.05, 0) is 37.5 Å². The minimum Gasteiger partial charge on any atom is -0.391 e. The minimum absolute atomic E-state index is 0.0145. The topological polar surface area (TPSA) is 55.8 Å². The third-order valence-corrected chi connectivity index (χ3v) is 4.52. The summed E-state index contributed by atoms with van der Waals surface area (Å²) in [7, 11) is 1.63. The lowest BCUT2D eigenvalue weighted by Crippen LogP contribution is -2.35. The normalized spacial score (nSPS) is 26.7. The zero-order chi connectivity index (χ0) is 16.0. The molecule has 0 aromatic carbocycles. The fourth-order valence-electron chi connectivity index (χ4n) is 3.08. The molecule has 0 aromatic rings. The Morgan fingerprint density at radius 3 is 2.57 bits per heavy atom. The van der Waals surface area contributed by atoms with E-state index in [0.717, 1.165) is 12.8 Å². The first kappa shape index (κ1) is 18.6. The number of methoxy groups -OCH3 is 1. The molecule has 0 bridgehead atoms. The molecule has 4 unspecified atom stereocenters. The van der Waals surface area contributed by atoms with Gasteiger partial charge in [0.15, 0.2) is 0 Å². The van der Waals surface area contributed by atoms with Crippen molar-refractivity contribution in [3.63, 3.8) is 0 Å². The molecular formula is C17H32O4. The summed E-state index contributed by atoms with van der Waals surface area (Å²) >= 11 is 0. The van der Waals surface area contributed by atoms with E-state index in [1.165, 1.54) is 0 Å². The maximum absolute atomic E-state index is 12.1. The Morgan fingerprint density at radius 2 is 2.00 bits per heavy atom. The quantitative estimate of drug-likeness (QED) is 0.785. The molecule has 1 rings (SSSR count). The molecule has 124 valence electrons. The standard InChI is InChI=1S/C17H32O4/c1-12(10-20-5)21-11-15(18)9-13-8-14(17(2,3)4)6-7-16(13)19/h12-15,18H,6-11H2,1-5H3. The molecule has 1 N–H and O–H groups in total. The molecule has 0 radical (unpaired) electrons. The molecule has 0 spiro atoms. The summed E-state index contributed by atoms with van der Waals surface area (Å²) in [6, 6.07) is 0. The fourth-order valence-corrected chi connectivity index (χ4v) is 3.08. The summed E-state index contributed by atoms with van der Waals surface area (Å²) in [6.45, 7) is 9.40. The highest BCUT2D eigenvalue weighted by Gasteiger charge is 2.35. The first-order valence-corrected chi connectivity index (χ1v) is 8.05. The number of carbonyl (C=O) groups excluding carboxylic acids is 1. The van der Waals surface area contributed by atoms with Crippen molar-refractivity contribution in [1.29, 1.82) is 0 Å². The molecule has 4 atom stereocenters. The number of rotatable bonds is 7. The molecule has 1 fully saturated rings. The molecular weight excluding hydrogens is 268 g/mol. The lowest BCUT2D eigenvalue weighted by atomic mass is 9.68. The van der Waals surface area contributed by atoms with Gasteiger partial charge >= 0.3 is 0 Å². The van der Waals surface area contributed by atoms with Gasteiger partial charge in [0.2, 0.25) is 0 Å². The van der Waals surface area contributed by atoms with Crippen LogP contribution in [0.2, 0.25) is 0 Å². The van der Waals surface area contributed by atoms with Gasteiger partial charge < -0.3 is 14.6 Å². The van der Waals surface area contributed by atoms with Crippen molar-refractivity contribution in [2.45, 2.75) is 65.6 Å². The molecule has 21 heavy (non-hydrogen) atoms. The number of carbonyl (C=O) groups is 1. The Morgan fingerprint density at radius 1 is 1.33 bits per heavy atom. The van der Waals surface area contributed by atoms with Crippen molar-refractivity contribution in [2.24, 2.45) is 17.3 Å². The van der Waals surface area contributed by atoms with Crippen molar-refractivity contribution in [2.75, 3.05) is 20.3 Å². The molecule has 0 heterocycles. The smallest absolute Gasteiger partial charge is 0.136 e. The van der Waals surface area contributed by atoms with Gasteiger partial charge in [0, 0.05) is 19.4 Å². The fraction of sp³-hybridized carbons (Fsp3) is 0.941. The predicted octanol–water partition coefficient (Wildman–Crippen LogP) is 2.82. The van der Waals surface area contributed by atoms with E-state index in [1.54, 1.807) is 7.11 Å². The minimum atomic E-state index is -0.572. The Balaban J connectivity index is 2.42. The second-order valence-corrected chi connectivity index (χ2v) is 7.49. The van der Waals surface area contributed by atoms with Crippen molar-refractivity contribution < 1.29 is 19.4 Å². The van der Waals surface area contributed by atoms with Crippen LogP contribution >= 0.6 is 0 Å². The number of hydrogen-bond acceptors (Lipinski definition) is 4. The molecule has 0 amide bonds. The van der Waals surface area contributed by atoms with E-state index in [0.29, 0.717) is 31.1 Å². The van der Waals surface area contributed by atoms with Crippen LogP contribution in [0.5, 0.6) is 0 Å². The van der Waals surface area contributed by atoms with E-state index in [-0.39, 0.29) is 24.0 Å². The third kappa shape index (κ3) is 6.45. The molecule has 0 aromatic heterocycles. The molecule has 1 aliphatic carbocycles. The largest absolute Gasteiger partial charge is 0.391 e. The third-order valence-electron chi connectivity index (χ3n) is 4.52. The summed E-state index contributed by atoms with van der Waals surface area (Å²) in [6.07, 6.45) is 2.44. The number of hydrogen-bond donors (Lipinski definition) is 1. The Bertz CT molecular complexity index is 321. The second kappa shape index (κ2) is 8.25. The number of ketones is 1. The van der Waals surface area contributed by atoms with Gasteiger partial charge in [0.1, 0.15) is 5.78 Å². The van der Waals surface area contributed by atoms with Crippen molar-refractivity contribution >= 4 is 5.78 Å². The summed E-state index contributed by atoms with van der Waals surface area (Å²) in [5.41, 5.74) is 0.230. The van der Waals surface area contributed by atoms with Crippen LogP contribution in [0.3, 0.4) is 0 Å². The van der Waals surface area contributed by atoms with Gasteiger partial charge in [0.25, 0.3) is 0 Å². The van der Waals surface area contributed by atoms with E-state index in [4.69, 9.17) is 9.47 Å². The first-order chi connectivity index (χ1) is 9.74. The molecule has 4 heteroatoms. The van der Waals surface area contributed by atoms with E-state index < -0.39 is 6.10 Å². The zero-order valence-corrected chi connectivity index (χ0v) is 14.2. The van der Waals surface area contributed by atoms with Gasteiger partial charge in [-0.25, -0.2) is 0 Å². The average Bonchev–Trinajstić information content (AvgIpc) is 2.38. The highest BCUT2D eigenvalue weighted by Crippen LogP contribution is 2.40. The van der Waals surface area contributed by atoms with E-state index >= 15 is 0 Å². The zero-order valence-electron chi connectivity index (χ0n) is 14.2. The van der Waals surface area contributed by atoms with Crippen LogP contribution in [0.15, 0.2) is 0 Å². The molecule has 4 nitrogen and oxygen atoms in total. The van der Waals surface area contributed by atoms with Crippen LogP contribution in [0.25, 0.3) is 0 Å². The Hall–Kier alpha value is -0.450. The van der Waals surface area contributed by atoms with Gasteiger partial charge in [-0.2, -0.15) is 0 Å². The van der Waals surface area contributed by atoms with Crippen LogP contribution in [0.1, 0.15) is 53.4 Å². The van der Waals surface area contributed by atoms with Gasteiger partial charge in [-0.3, -0.25) is 4.79 Å². The number of aliphatic hydroxyl groups is 1. The van der Waals surface area contributed by atoms with Crippen molar-refractivity contribution in [3.05, 3.63) is 0 Å². The maximum Gasteiger partial charge on any atom is 0.136 e. The Kier molecular flexibility index (Phi) is 7.31. The van der Waals surface area contributed by atoms with Crippen LogP contribution in [0, 0.1) is 17.3 Å². The summed E-state index contributed by atoms with van der Waals surface area (Å²) < 4.78 is 10.5. The summed E-state index contributed by atoms with van der Waals surface area (Å²) in [4.78, 5) is 12.1. The maximum atomic E-state index is 12.1. The van der Waals surface area contributed by atoms with E-state index in [1.807, 2.05) is 6.92 Å². The van der Waals surface area contributed by atoms with Gasteiger partial charge in [-0.1, -0.05) is 20.8 Å². The molecule has 1 aliphatic rings. The van der Waals surface area contributed by atoms with Gasteiger partial charge in [-0.15, -0.1) is 0 Å². The molecule has 0 aliphatic heterocycles. The van der Waals surface area contributed by atoms with Crippen LogP contribution < -0.4 is 0 Å². The predicted molar refractivity (Wildman–Crippen MR) is 83.2 cm³/mol. The van der Waals surface area contributed by atoms with Crippen LogP contribution in [0.4, 0.5) is 0 Å². The number of aliphatic hydroxyl groups excluding tert-OH is 1. The van der Waals surface area contributed by atoms with Crippen molar-refractivity contribution in [1.82, 2.24) is 0 Å². The lowest BCUT2D eigenvalue weighted by Gasteiger charge is -2.37. The summed E-state index contributed by atoms with van der Waals surface area (Å²) in [5, 5.41) is 10.1. The summed E-state index contributed by atoms with van der Waals surface area (Å²) in [5.74, 6) is 0.847. The van der Waals surface area contributed by atoms with Crippen LogP contribution in [-0.4, -0.2) is 43.4 Å². The second-order valence-electron chi connectivity index (χ2n) is 7.49. The SMILES string of the molecule is COCC(C)OCC(O)CC1CC(C(C)(C)C)CCC1=O. The highest BCUT2D eigenvalue weighted by molar-refractivity contribution is 5.81.